The molecule has 0 amide bonds. The van der Waals surface area contributed by atoms with Crippen molar-refractivity contribution < 1.29 is 17.6 Å². The second-order valence-electron chi connectivity index (χ2n) is 5.15. The van der Waals surface area contributed by atoms with Gasteiger partial charge in [-0.2, -0.15) is 13.2 Å². The highest BCUT2D eigenvalue weighted by Crippen LogP contribution is 2.36. The maximum atomic E-state index is 13.3. The van der Waals surface area contributed by atoms with E-state index >= 15 is 0 Å². The van der Waals surface area contributed by atoms with E-state index in [1.807, 2.05) is 0 Å². The van der Waals surface area contributed by atoms with Crippen molar-refractivity contribution in [2.24, 2.45) is 5.73 Å². The third kappa shape index (κ3) is 3.26. The molecule has 2 N–H and O–H groups in total. The van der Waals surface area contributed by atoms with Gasteiger partial charge in [0.2, 0.25) is 0 Å². The monoisotopic (exact) mass is 275 g/mol. The van der Waals surface area contributed by atoms with Gasteiger partial charge in [0.25, 0.3) is 0 Å². The van der Waals surface area contributed by atoms with Crippen molar-refractivity contribution in [1.29, 1.82) is 0 Å². The minimum atomic E-state index is -4.66. The minimum absolute atomic E-state index is 0.107. The molecule has 0 saturated heterocycles. The van der Waals surface area contributed by atoms with Crippen LogP contribution >= 0.6 is 0 Å². The van der Waals surface area contributed by atoms with Crippen LogP contribution in [0.3, 0.4) is 0 Å². The minimum Gasteiger partial charge on any atom is -0.327 e. The number of nitrogens with two attached hydrogens (primary N) is 1. The van der Waals surface area contributed by atoms with Crippen LogP contribution in [-0.4, -0.2) is 6.04 Å². The molecule has 106 valence electrons. The molecule has 1 aromatic rings. The Labute approximate surface area is 109 Å². The van der Waals surface area contributed by atoms with Crippen molar-refractivity contribution in [3.63, 3.8) is 0 Å². The summed E-state index contributed by atoms with van der Waals surface area (Å²) < 4.78 is 51.4. The van der Waals surface area contributed by atoms with Crippen molar-refractivity contribution in [3.8, 4) is 0 Å². The van der Waals surface area contributed by atoms with Crippen molar-refractivity contribution in [3.05, 3.63) is 35.1 Å². The number of rotatable bonds is 1. The fourth-order valence-corrected chi connectivity index (χ4v) is 2.74. The van der Waals surface area contributed by atoms with Crippen LogP contribution in [0.2, 0.25) is 0 Å². The molecule has 0 aromatic heterocycles. The molecule has 1 aliphatic rings. The van der Waals surface area contributed by atoms with Gasteiger partial charge < -0.3 is 5.73 Å². The topological polar surface area (TPSA) is 26.0 Å². The third-order valence-corrected chi connectivity index (χ3v) is 3.79. The lowest BCUT2D eigenvalue weighted by atomic mass is 9.87. The predicted octanol–water partition coefficient (Wildman–Crippen LogP) is 4.22. The summed E-state index contributed by atoms with van der Waals surface area (Å²) in [7, 11) is 0. The summed E-state index contributed by atoms with van der Waals surface area (Å²) in [5.41, 5.74) is 5.34. The van der Waals surface area contributed by atoms with Gasteiger partial charge in [0, 0.05) is 6.04 Å². The first-order valence-electron chi connectivity index (χ1n) is 6.52. The molecule has 0 radical (unpaired) electrons. The standard InChI is InChI=1S/C14H17F4N/c15-12-7-6-9(8-11(12)14(16,17)18)10-4-2-1-3-5-13(10)19/h6-8,10,13H,1-5,19H2. The molecule has 1 aromatic carbocycles. The van der Waals surface area contributed by atoms with Crippen LogP contribution in [0.4, 0.5) is 17.6 Å². The van der Waals surface area contributed by atoms with Gasteiger partial charge in [0.05, 0.1) is 5.56 Å². The highest BCUT2D eigenvalue weighted by Gasteiger charge is 2.35. The second-order valence-corrected chi connectivity index (χ2v) is 5.15. The smallest absolute Gasteiger partial charge is 0.327 e. The van der Waals surface area contributed by atoms with Gasteiger partial charge in [-0.15, -0.1) is 0 Å². The van der Waals surface area contributed by atoms with E-state index in [9.17, 15) is 17.6 Å². The summed E-state index contributed by atoms with van der Waals surface area (Å²) in [6, 6.07) is 3.11. The number of hydrogen-bond acceptors (Lipinski definition) is 1. The fourth-order valence-electron chi connectivity index (χ4n) is 2.74. The third-order valence-electron chi connectivity index (χ3n) is 3.79. The van der Waals surface area contributed by atoms with Crippen LogP contribution in [0.5, 0.6) is 0 Å². The van der Waals surface area contributed by atoms with Crippen LogP contribution < -0.4 is 5.73 Å². The molecular weight excluding hydrogens is 258 g/mol. The van der Waals surface area contributed by atoms with Crippen molar-refractivity contribution in [2.45, 2.75) is 50.2 Å². The van der Waals surface area contributed by atoms with Crippen LogP contribution in [0.25, 0.3) is 0 Å². The number of benzene rings is 1. The molecule has 0 bridgehead atoms. The normalized spacial score (nSPS) is 25.1. The molecule has 1 fully saturated rings. The largest absolute Gasteiger partial charge is 0.419 e. The van der Waals surface area contributed by atoms with Gasteiger partial charge in [-0.25, -0.2) is 4.39 Å². The Kier molecular flexibility index (Phi) is 4.13. The van der Waals surface area contributed by atoms with E-state index in [0.29, 0.717) is 5.56 Å². The first-order chi connectivity index (χ1) is 8.89. The second kappa shape index (κ2) is 5.49. The molecule has 2 atom stereocenters. The molecule has 19 heavy (non-hydrogen) atoms. The maximum Gasteiger partial charge on any atom is 0.419 e. The zero-order chi connectivity index (χ0) is 14.0. The van der Waals surface area contributed by atoms with E-state index < -0.39 is 17.6 Å². The molecule has 1 nitrogen and oxygen atoms in total. The average molecular weight is 275 g/mol. The zero-order valence-corrected chi connectivity index (χ0v) is 10.5. The lowest BCUT2D eigenvalue weighted by Gasteiger charge is -2.23. The predicted molar refractivity (Wildman–Crippen MR) is 65.2 cm³/mol. The van der Waals surface area contributed by atoms with Gasteiger partial charge in [0.15, 0.2) is 0 Å². The SMILES string of the molecule is NC1CCCCCC1c1ccc(F)c(C(F)(F)F)c1. The summed E-state index contributed by atoms with van der Waals surface area (Å²) >= 11 is 0. The molecule has 1 aliphatic carbocycles. The summed E-state index contributed by atoms with van der Waals surface area (Å²) in [5.74, 6) is -1.33. The van der Waals surface area contributed by atoms with Crippen molar-refractivity contribution >= 4 is 0 Å². The van der Waals surface area contributed by atoms with E-state index in [0.717, 1.165) is 44.2 Å². The van der Waals surface area contributed by atoms with Gasteiger partial charge in [-0.05, 0) is 36.5 Å². The van der Waals surface area contributed by atoms with E-state index in [1.54, 1.807) is 0 Å². The quantitative estimate of drug-likeness (QED) is 0.602. The highest BCUT2D eigenvalue weighted by molar-refractivity contribution is 5.30. The fraction of sp³-hybridized carbons (Fsp3) is 0.571. The average Bonchev–Trinajstić information content (AvgIpc) is 2.53. The Morgan fingerprint density at radius 3 is 2.42 bits per heavy atom. The molecular formula is C14H17F4N. The number of hydrogen-bond donors (Lipinski definition) is 1. The molecule has 0 spiro atoms. The van der Waals surface area contributed by atoms with Gasteiger partial charge in [-0.1, -0.05) is 25.3 Å². The van der Waals surface area contributed by atoms with E-state index in [1.165, 1.54) is 6.07 Å². The summed E-state index contributed by atoms with van der Waals surface area (Å²) in [6.45, 7) is 0. The summed E-state index contributed by atoms with van der Waals surface area (Å²) in [4.78, 5) is 0. The highest BCUT2D eigenvalue weighted by atomic mass is 19.4. The van der Waals surface area contributed by atoms with E-state index in [4.69, 9.17) is 5.73 Å². The van der Waals surface area contributed by atoms with Gasteiger partial charge in [0.1, 0.15) is 5.82 Å². The molecule has 1 saturated carbocycles. The van der Waals surface area contributed by atoms with E-state index in [2.05, 4.69) is 0 Å². The van der Waals surface area contributed by atoms with Crippen molar-refractivity contribution in [2.75, 3.05) is 0 Å². The van der Waals surface area contributed by atoms with Crippen LogP contribution in [0.15, 0.2) is 18.2 Å². The Bertz CT molecular complexity index is 442. The van der Waals surface area contributed by atoms with Gasteiger partial charge in [-0.3, -0.25) is 0 Å². The number of alkyl halides is 3. The molecule has 0 aliphatic heterocycles. The lowest BCUT2D eigenvalue weighted by molar-refractivity contribution is -0.140. The Balaban J connectivity index is 2.34. The van der Waals surface area contributed by atoms with Crippen LogP contribution in [-0.2, 0) is 6.18 Å². The summed E-state index contributed by atoms with van der Waals surface area (Å²) in [6.07, 6.45) is -0.0674. The molecule has 5 heteroatoms. The zero-order valence-electron chi connectivity index (χ0n) is 10.5. The Morgan fingerprint density at radius 2 is 1.74 bits per heavy atom. The summed E-state index contributed by atoms with van der Waals surface area (Å²) in [5, 5.41) is 0. The first kappa shape index (κ1) is 14.3. The molecule has 2 rings (SSSR count). The van der Waals surface area contributed by atoms with E-state index in [-0.39, 0.29) is 12.0 Å². The first-order valence-corrected chi connectivity index (χ1v) is 6.52. The lowest BCUT2D eigenvalue weighted by Crippen LogP contribution is -2.27. The molecule has 2 unspecified atom stereocenters. The van der Waals surface area contributed by atoms with Crippen LogP contribution in [0, 0.1) is 5.82 Å². The Morgan fingerprint density at radius 1 is 1.05 bits per heavy atom. The number of halogens is 4. The van der Waals surface area contributed by atoms with Crippen molar-refractivity contribution in [1.82, 2.24) is 0 Å². The molecule has 0 heterocycles. The van der Waals surface area contributed by atoms with Gasteiger partial charge >= 0.3 is 6.18 Å². The maximum absolute atomic E-state index is 13.3. The Hall–Kier alpha value is -1.10. The van der Waals surface area contributed by atoms with Crippen LogP contribution in [0.1, 0.15) is 49.1 Å².